The van der Waals surface area contributed by atoms with Crippen molar-refractivity contribution in [3.63, 3.8) is 0 Å². The zero-order chi connectivity index (χ0) is 21.1. The molecule has 4 aromatic rings. The highest BCUT2D eigenvalue weighted by molar-refractivity contribution is 5.99. The molecule has 30 heavy (non-hydrogen) atoms. The SMILES string of the molecule is C[C@H](OC(=O)CNC(=O)c1ccc2ccccc2c1)c1nc2ccccc2c(=O)[nH]1. The van der Waals surface area contributed by atoms with Crippen molar-refractivity contribution in [1.82, 2.24) is 15.3 Å². The number of hydrogen-bond donors (Lipinski definition) is 2. The van der Waals surface area contributed by atoms with Crippen LogP contribution in [-0.2, 0) is 9.53 Å². The summed E-state index contributed by atoms with van der Waals surface area (Å²) < 4.78 is 5.31. The summed E-state index contributed by atoms with van der Waals surface area (Å²) >= 11 is 0. The molecule has 4 rings (SSSR count). The first-order chi connectivity index (χ1) is 14.5. The van der Waals surface area contributed by atoms with Crippen LogP contribution in [0.15, 0.2) is 71.5 Å². The number of ether oxygens (including phenoxy) is 1. The fourth-order valence-corrected chi connectivity index (χ4v) is 3.18. The van der Waals surface area contributed by atoms with Crippen LogP contribution in [-0.4, -0.2) is 28.4 Å². The van der Waals surface area contributed by atoms with Gasteiger partial charge in [-0.2, -0.15) is 0 Å². The third-order valence-corrected chi connectivity index (χ3v) is 4.73. The van der Waals surface area contributed by atoms with Crippen LogP contribution in [0.5, 0.6) is 0 Å². The van der Waals surface area contributed by atoms with Gasteiger partial charge in [0, 0.05) is 5.56 Å². The van der Waals surface area contributed by atoms with Gasteiger partial charge in [0.1, 0.15) is 6.54 Å². The number of para-hydroxylation sites is 1. The Morgan fingerprint density at radius 2 is 1.77 bits per heavy atom. The number of aromatic nitrogens is 2. The van der Waals surface area contributed by atoms with Crippen LogP contribution in [0.25, 0.3) is 21.7 Å². The number of nitrogens with zero attached hydrogens (tertiary/aromatic N) is 1. The van der Waals surface area contributed by atoms with Crippen molar-refractivity contribution in [2.24, 2.45) is 0 Å². The van der Waals surface area contributed by atoms with Gasteiger partial charge in [-0.3, -0.25) is 14.4 Å². The minimum atomic E-state index is -0.771. The van der Waals surface area contributed by atoms with Crippen molar-refractivity contribution in [3.05, 3.63) is 88.5 Å². The fraction of sp³-hybridized carbons (Fsp3) is 0.130. The molecule has 0 bridgehead atoms. The quantitative estimate of drug-likeness (QED) is 0.501. The first-order valence-corrected chi connectivity index (χ1v) is 9.47. The number of esters is 1. The van der Waals surface area contributed by atoms with Crippen molar-refractivity contribution < 1.29 is 14.3 Å². The van der Waals surface area contributed by atoms with Crippen molar-refractivity contribution in [3.8, 4) is 0 Å². The van der Waals surface area contributed by atoms with Gasteiger partial charge in [-0.05, 0) is 42.0 Å². The first-order valence-electron chi connectivity index (χ1n) is 9.47. The molecule has 0 saturated heterocycles. The lowest BCUT2D eigenvalue weighted by Gasteiger charge is -2.13. The number of carbonyl (C=O) groups excluding carboxylic acids is 2. The number of amides is 1. The zero-order valence-electron chi connectivity index (χ0n) is 16.2. The molecule has 3 aromatic carbocycles. The molecule has 0 unspecified atom stereocenters. The van der Waals surface area contributed by atoms with Gasteiger partial charge in [-0.25, -0.2) is 4.98 Å². The smallest absolute Gasteiger partial charge is 0.326 e. The highest BCUT2D eigenvalue weighted by Gasteiger charge is 2.16. The number of hydrogen-bond acceptors (Lipinski definition) is 5. The number of nitrogens with one attached hydrogen (secondary N) is 2. The van der Waals surface area contributed by atoms with Crippen LogP contribution >= 0.6 is 0 Å². The third kappa shape index (κ3) is 4.05. The van der Waals surface area contributed by atoms with E-state index in [0.29, 0.717) is 16.5 Å². The Hall–Kier alpha value is -4.00. The number of fused-ring (bicyclic) bond motifs is 2. The van der Waals surface area contributed by atoms with Crippen LogP contribution < -0.4 is 10.9 Å². The molecular weight excluding hydrogens is 382 g/mol. The Balaban J connectivity index is 1.39. The Labute approximate surface area is 171 Å². The molecule has 0 radical (unpaired) electrons. The highest BCUT2D eigenvalue weighted by Crippen LogP contribution is 2.16. The van der Waals surface area contributed by atoms with E-state index in [4.69, 9.17) is 4.74 Å². The Kier molecular flexibility index (Phi) is 5.26. The zero-order valence-corrected chi connectivity index (χ0v) is 16.2. The van der Waals surface area contributed by atoms with Gasteiger partial charge in [-0.1, -0.05) is 42.5 Å². The van der Waals surface area contributed by atoms with Gasteiger partial charge in [0.15, 0.2) is 11.9 Å². The van der Waals surface area contributed by atoms with E-state index in [-0.39, 0.29) is 23.8 Å². The van der Waals surface area contributed by atoms with Crippen LogP contribution in [0.3, 0.4) is 0 Å². The monoisotopic (exact) mass is 401 g/mol. The van der Waals surface area contributed by atoms with E-state index in [0.717, 1.165) is 10.8 Å². The molecule has 0 aliphatic carbocycles. The van der Waals surface area contributed by atoms with Crippen LogP contribution in [0.2, 0.25) is 0 Å². The largest absolute Gasteiger partial charge is 0.453 e. The van der Waals surface area contributed by atoms with Gasteiger partial charge < -0.3 is 15.0 Å². The summed E-state index contributed by atoms with van der Waals surface area (Å²) in [7, 11) is 0. The van der Waals surface area contributed by atoms with E-state index in [1.165, 1.54) is 0 Å². The summed E-state index contributed by atoms with van der Waals surface area (Å²) in [4.78, 5) is 43.7. The van der Waals surface area contributed by atoms with Gasteiger partial charge >= 0.3 is 5.97 Å². The molecule has 7 nitrogen and oxygen atoms in total. The summed E-state index contributed by atoms with van der Waals surface area (Å²) in [5.74, 6) is -0.761. The number of H-pyrrole nitrogens is 1. The van der Waals surface area contributed by atoms with Crippen LogP contribution in [0.1, 0.15) is 29.2 Å². The summed E-state index contributed by atoms with van der Waals surface area (Å²) in [6, 6.07) is 19.9. The Morgan fingerprint density at radius 1 is 1.03 bits per heavy atom. The lowest BCUT2D eigenvalue weighted by Crippen LogP contribution is -2.31. The summed E-state index contributed by atoms with van der Waals surface area (Å²) in [5.41, 5.74) is 0.668. The maximum atomic E-state index is 12.4. The second-order valence-corrected chi connectivity index (χ2v) is 6.85. The maximum Gasteiger partial charge on any atom is 0.326 e. The van der Waals surface area contributed by atoms with E-state index < -0.39 is 12.1 Å². The molecule has 150 valence electrons. The van der Waals surface area contributed by atoms with E-state index >= 15 is 0 Å². The Bertz CT molecular complexity index is 1310. The van der Waals surface area contributed by atoms with Crippen LogP contribution in [0, 0.1) is 0 Å². The second-order valence-electron chi connectivity index (χ2n) is 6.85. The molecule has 0 aliphatic rings. The maximum absolute atomic E-state index is 12.4. The first kappa shape index (κ1) is 19.3. The molecule has 1 aromatic heterocycles. The van der Waals surface area contributed by atoms with E-state index in [9.17, 15) is 14.4 Å². The van der Waals surface area contributed by atoms with Crippen molar-refractivity contribution in [1.29, 1.82) is 0 Å². The molecule has 1 heterocycles. The van der Waals surface area contributed by atoms with Gasteiger partial charge in [0.2, 0.25) is 0 Å². The normalized spacial score (nSPS) is 11.9. The van der Waals surface area contributed by atoms with Gasteiger partial charge in [0.25, 0.3) is 11.5 Å². The minimum absolute atomic E-state index is 0.243. The molecule has 0 fully saturated rings. The number of rotatable bonds is 5. The van der Waals surface area contributed by atoms with Gasteiger partial charge in [0.05, 0.1) is 10.9 Å². The van der Waals surface area contributed by atoms with Crippen molar-refractivity contribution in [2.75, 3.05) is 6.54 Å². The second kappa shape index (κ2) is 8.16. The highest BCUT2D eigenvalue weighted by atomic mass is 16.5. The standard InChI is InChI=1S/C23H19N3O4/c1-14(21-25-19-9-5-4-8-18(19)23(29)26-21)30-20(27)13-24-22(28)17-11-10-15-6-2-3-7-16(15)12-17/h2-12,14H,13H2,1H3,(H,24,28)(H,25,26,29)/t14-/m0/s1. The minimum Gasteiger partial charge on any atom is -0.453 e. The molecule has 0 aliphatic heterocycles. The molecule has 1 atom stereocenters. The molecule has 7 heteroatoms. The van der Waals surface area contributed by atoms with E-state index in [1.807, 2.05) is 30.3 Å². The lowest BCUT2D eigenvalue weighted by atomic mass is 10.1. The molecule has 2 N–H and O–H groups in total. The average molecular weight is 401 g/mol. The number of benzene rings is 3. The molecule has 0 spiro atoms. The van der Waals surface area contributed by atoms with Crippen molar-refractivity contribution in [2.45, 2.75) is 13.0 Å². The summed E-state index contributed by atoms with van der Waals surface area (Å²) in [5, 5.41) is 4.98. The topological polar surface area (TPSA) is 101 Å². The van der Waals surface area contributed by atoms with Crippen LogP contribution in [0.4, 0.5) is 0 Å². The molecular formula is C23H19N3O4. The summed E-state index contributed by atoms with van der Waals surface area (Å²) in [6.07, 6.45) is -0.771. The third-order valence-electron chi connectivity index (χ3n) is 4.73. The van der Waals surface area contributed by atoms with E-state index in [2.05, 4.69) is 15.3 Å². The average Bonchev–Trinajstić information content (AvgIpc) is 2.77. The lowest BCUT2D eigenvalue weighted by molar-refractivity contribution is -0.147. The predicted octanol–water partition coefficient (Wildman–Crippen LogP) is 3.11. The molecule has 0 saturated carbocycles. The fourth-order valence-electron chi connectivity index (χ4n) is 3.18. The Morgan fingerprint density at radius 3 is 2.60 bits per heavy atom. The van der Waals surface area contributed by atoms with E-state index in [1.54, 1.807) is 43.3 Å². The van der Waals surface area contributed by atoms with Gasteiger partial charge in [-0.15, -0.1) is 0 Å². The summed E-state index contributed by atoms with van der Waals surface area (Å²) in [6.45, 7) is 1.31. The predicted molar refractivity (Wildman–Crippen MR) is 113 cm³/mol. The number of aromatic amines is 1. The molecule has 1 amide bonds. The number of carbonyl (C=O) groups is 2. The van der Waals surface area contributed by atoms with Crippen molar-refractivity contribution >= 4 is 33.6 Å².